The minimum absolute atomic E-state index is 0.0799. The van der Waals surface area contributed by atoms with E-state index in [0.717, 1.165) is 37.5 Å². The molecule has 0 unspecified atom stereocenters. The first-order chi connectivity index (χ1) is 21.5. The van der Waals surface area contributed by atoms with Crippen molar-refractivity contribution in [1.29, 1.82) is 0 Å². The zero-order chi connectivity index (χ0) is 32.6. The lowest BCUT2D eigenvalue weighted by molar-refractivity contribution is -0.140. The van der Waals surface area contributed by atoms with Crippen molar-refractivity contribution < 1.29 is 18.0 Å². The number of nitrogens with zero attached hydrogens (tertiary/aromatic N) is 2. The van der Waals surface area contributed by atoms with Crippen LogP contribution < -0.4 is 9.62 Å². The van der Waals surface area contributed by atoms with E-state index in [4.69, 9.17) is 0 Å². The van der Waals surface area contributed by atoms with Crippen LogP contribution in [0.3, 0.4) is 0 Å². The SMILES string of the molecule is CC[C@@H](C)NC(=O)[C@H](Cc1ccccc1)N(Cc1cccc(Br)c1)C(=O)CN(c1cccc(C)c1)S(=O)(=O)c1ccc(C)cc1. The zero-order valence-electron chi connectivity index (χ0n) is 26.1. The van der Waals surface area contributed by atoms with E-state index in [1.165, 1.54) is 4.90 Å². The summed E-state index contributed by atoms with van der Waals surface area (Å²) in [5.74, 6) is -0.785. The van der Waals surface area contributed by atoms with Gasteiger partial charge in [0.15, 0.2) is 0 Å². The van der Waals surface area contributed by atoms with Crippen molar-refractivity contribution in [2.75, 3.05) is 10.8 Å². The minimum Gasteiger partial charge on any atom is -0.352 e. The Hall–Kier alpha value is -3.95. The quantitative estimate of drug-likeness (QED) is 0.167. The highest BCUT2D eigenvalue weighted by Crippen LogP contribution is 2.26. The van der Waals surface area contributed by atoms with Crippen LogP contribution in [0.1, 0.15) is 42.5 Å². The van der Waals surface area contributed by atoms with Gasteiger partial charge >= 0.3 is 0 Å². The molecule has 4 aromatic rings. The summed E-state index contributed by atoms with van der Waals surface area (Å²) in [7, 11) is -4.15. The van der Waals surface area contributed by atoms with Gasteiger partial charge in [0.2, 0.25) is 11.8 Å². The lowest BCUT2D eigenvalue weighted by Gasteiger charge is -2.34. The molecular formula is C36H40BrN3O4S. The van der Waals surface area contributed by atoms with Gasteiger partial charge in [0, 0.05) is 23.5 Å². The minimum atomic E-state index is -4.15. The van der Waals surface area contributed by atoms with E-state index >= 15 is 0 Å². The number of anilines is 1. The second-order valence-electron chi connectivity index (χ2n) is 11.3. The highest BCUT2D eigenvalue weighted by atomic mass is 79.9. The van der Waals surface area contributed by atoms with Crippen molar-refractivity contribution in [3.63, 3.8) is 0 Å². The van der Waals surface area contributed by atoms with Crippen molar-refractivity contribution >= 4 is 43.5 Å². The number of benzene rings is 4. The Labute approximate surface area is 275 Å². The number of carbonyl (C=O) groups is 2. The second-order valence-corrected chi connectivity index (χ2v) is 14.1. The van der Waals surface area contributed by atoms with E-state index in [-0.39, 0.29) is 29.8 Å². The molecule has 0 aliphatic carbocycles. The number of halogens is 1. The molecule has 45 heavy (non-hydrogen) atoms. The van der Waals surface area contributed by atoms with E-state index in [1.54, 1.807) is 42.5 Å². The number of carbonyl (C=O) groups excluding carboxylic acids is 2. The lowest BCUT2D eigenvalue weighted by Crippen LogP contribution is -2.54. The van der Waals surface area contributed by atoms with E-state index in [9.17, 15) is 18.0 Å². The molecule has 0 aliphatic heterocycles. The van der Waals surface area contributed by atoms with Crippen molar-refractivity contribution in [2.24, 2.45) is 0 Å². The summed E-state index contributed by atoms with van der Waals surface area (Å²) in [6.45, 7) is 7.28. The number of hydrogen-bond acceptors (Lipinski definition) is 4. The van der Waals surface area contributed by atoms with Crippen LogP contribution in [0.5, 0.6) is 0 Å². The van der Waals surface area contributed by atoms with Crippen LogP contribution in [0.25, 0.3) is 0 Å². The monoisotopic (exact) mass is 689 g/mol. The van der Waals surface area contributed by atoms with Gasteiger partial charge in [0.1, 0.15) is 12.6 Å². The van der Waals surface area contributed by atoms with Gasteiger partial charge in [-0.25, -0.2) is 8.42 Å². The van der Waals surface area contributed by atoms with Crippen LogP contribution >= 0.6 is 15.9 Å². The number of sulfonamides is 1. The molecule has 0 aromatic heterocycles. The topological polar surface area (TPSA) is 86.8 Å². The Morgan fingerprint density at radius 3 is 2.13 bits per heavy atom. The van der Waals surface area contributed by atoms with E-state index in [0.29, 0.717) is 5.69 Å². The molecule has 0 fully saturated rings. The number of nitrogens with one attached hydrogen (secondary N) is 1. The third kappa shape index (κ3) is 9.05. The summed E-state index contributed by atoms with van der Waals surface area (Å²) >= 11 is 3.52. The zero-order valence-corrected chi connectivity index (χ0v) is 28.5. The number of rotatable bonds is 13. The molecule has 0 spiro atoms. The van der Waals surface area contributed by atoms with Crippen LogP contribution in [-0.4, -0.2) is 43.8 Å². The first kappa shape index (κ1) is 33.9. The van der Waals surface area contributed by atoms with E-state index in [1.807, 2.05) is 88.4 Å². The largest absolute Gasteiger partial charge is 0.352 e. The Morgan fingerprint density at radius 2 is 1.49 bits per heavy atom. The van der Waals surface area contributed by atoms with Gasteiger partial charge in [-0.2, -0.15) is 0 Å². The van der Waals surface area contributed by atoms with Crippen molar-refractivity contribution in [2.45, 2.75) is 64.1 Å². The summed E-state index contributed by atoms with van der Waals surface area (Å²) in [5, 5.41) is 3.06. The highest BCUT2D eigenvalue weighted by Gasteiger charge is 2.35. The molecule has 2 amide bonds. The maximum Gasteiger partial charge on any atom is 0.264 e. The molecule has 0 aliphatic rings. The molecule has 0 radical (unpaired) electrons. The smallest absolute Gasteiger partial charge is 0.264 e. The summed E-state index contributed by atoms with van der Waals surface area (Å²) in [4.78, 5) is 30.1. The van der Waals surface area contributed by atoms with Gasteiger partial charge in [-0.15, -0.1) is 0 Å². The molecule has 9 heteroatoms. The Kier molecular flexibility index (Phi) is 11.6. The fourth-order valence-electron chi connectivity index (χ4n) is 4.98. The maximum atomic E-state index is 14.6. The van der Waals surface area contributed by atoms with Crippen LogP contribution in [0.4, 0.5) is 5.69 Å². The predicted molar refractivity (Wildman–Crippen MR) is 183 cm³/mol. The van der Waals surface area contributed by atoms with Gasteiger partial charge in [-0.3, -0.25) is 13.9 Å². The molecule has 0 bridgehead atoms. The standard InChI is InChI=1S/C36H40BrN3O4S/c1-5-28(4)38-36(42)34(23-29-12-7-6-8-13-29)39(24-30-14-10-15-31(37)22-30)35(41)25-40(32-16-9-11-27(3)21-32)45(43,44)33-19-17-26(2)18-20-33/h6-22,28,34H,5,23-25H2,1-4H3,(H,38,42)/t28-,34+/m1/s1. The van der Waals surface area contributed by atoms with Gasteiger partial charge in [-0.1, -0.05) is 95.1 Å². The molecule has 2 atom stereocenters. The van der Waals surface area contributed by atoms with Crippen LogP contribution in [0.2, 0.25) is 0 Å². The van der Waals surface area contributed by atoms with Crippen molar-refractivity contribution in [1.82, 2.24) is 10.2 Å². The van der Waals surface area contributed by atoms with Gasteiger partial charge < -0.3 is 10.2 Å². The molecule has 4 rings (SSSR count). The third-order valence-corrected chi connectivity index (χ3v) is 9.97. The molecule has 7 nitrogen and oxygen atoms in total. The average Bonchev–Trinajstić information content (AvgIpc) is 3.02. The lowest BCUT2D eigenvalue weighted by atomic mass is 10.0. The highest BCUT2D eigenvalue weighted by molar-refractivity contribution is 9.10. The fourth-order valence-corrected chi connectivity index (χ4v) is 6.83. The summed E-state index contributed by atoms with van der Waals surface area (Å²) in [6, 6.07) is 29.7. The summed E-state index contributed by atoms with van der Waals surface area (Å²) in [6.07, 6.45) is 0.983. The maximum absolute atomic E-state index is 14.6. The Morgan fingerprint density at radius 1 is 0.822 bits per heavy atom. The van der Waals surface area contributed by atoms with E-state index < -0.39 is 28.5 Å². The van der Waals surface area contributed by atoms with E-state index in [2.05, 4.69) is 21.2 Å². The molecular weight excluding hydrogens is 650 g/mol. The van der Waals surface area contributed by atoms with Crippen molar-refractivity contribution in [3.8, 4) is 0 Å². The Bertz CT molecular complexity index is 1710. The molecule has 0 heterocycles. The molecule has 236 valence electrons. The predicted octanol–water partition coefficient (Wildman–Crippen LogP) is 6.82. The van der Waals surface area contributed by atoms with Gasteiger partial charge in [-0.05, 0) is 80.3 Å². The average molecular weight is 691 g/mol. The number of aryl methyl sites for hydroxylation is 2. The molecule has 4 aromatic carbocycles. The first-order valence-corrected chi connectivity index (χ1v) is 17.3. The number of amides is 2. The van der Waals surface area contributed by atoms with Crippen molar-refractivity contribution in [3.05, 3.63) is 130 Å². The molecule has 1 N–H and O–H groups in total. The summed E-state index contributed by atoms with van der Waals surface area (Å²) in [5.41, 5.74) is 3.83. The van der Waals surface area contributed by atoms with Crippen LogP contribution in [0, 0.1) is 13.8 Å². The molecule has 0 saturated carbocycles. The Balaban J connectivity index is 1.81. The normalized spacial score (nSPS) is 12.6. The van der Waals surface area contributed by atoms with Crippen LogP contribution in [0.15, 0.2) is 112 Å². The van der Waals surface area contributed by atoms with Gasteiger partial charge in [0.25, 0.3) is 10.0 Å². The second kappa shape index (κ2) is 15.4. The molecule has 0 saturated heterocycles. The third-order valence-electron chi connectivity index (χ3n) is 7.69. The van der Waals surface area contributed by atoms with Gasteiger partial charge in [0.05, 0.1) is 10.6 Å². The first-order valence-electron chi connectivity index (χ1n) is 15.0. The fraction of sp³-hybridized carbons (Fsp3) is 0.278. The number of hydrogen-bond donors (Lipinski definition) is 1. The summed E-state index contributed by atoms with van der Waals surface area (Å²) < 4.78 is 30.3. The van der Waals surface area contributed by atoms with Crippen LogP contribution in [-0.2, 0) is 32.6 Å².